The van der Waals surface area contributed by atoms with Crippen LogP contribution in [0.1, 0.15) is 9.68 Å². The summed E-state index contributed by atoms with van der Waals surface area (Å²) < 4.78 is 23.0. The minimum absolute atomic E-state index is 0.214. The fourth-order valence-corrected chi connectivity index (χ4v) is 1.20. The Hall–Kier alpha value is -1.56. The van der Waals surface area contributed by atoms with E-state index >= 15 is 0 Å². The molecule has 0 saturated heterocycles. The van der Waals surface area contributed by atoms with Crippen molar-refractivity contribution < 1.29 is 4.11 Å². The summed E-state index contributed by atoms with van der Waals surface area (Å²) in [7, 11) is 0. The van der Waals surface area contributed by atoms with Crippen molar-refractivity contribution in [2.75, 3.05) is 0 Å². The zero-order valence-corrected chi connectivity index (χ0v) is 7.46. The van der Waals surface area contributed by atoms with E-state index in [4.69, 9.17) is 4.11 Å². The number of rotatable bonds is 1. The van der Waals surface area contributed by atoms with E-state index < -0.39 is 0 Å². The summed E-state index contributed by atoms with van der Waals surface area (Å²) in [4.78, 5) is 0. The molecule has 2 aromatic carbocycles. The molecule has 0 saturated carbocycles. The Morgan fingerprint density at radius 2 is 1.54 bits per heavy atom. The second-order valence-electron chi connectivity index (χ2n) is 2.99. The maximum atomic E-state index is 7.80. The van der Waals surface area contributed by atoms with Gasteiger partial charge in [0.1, 0.15) is 0 Å². The van der Waals surface area contributed by atoms with Gasteiger partial charge in [0.25, 0.3) is 0 Å². The minimum atomic E-state index is 0.214. The van der Waals surface area contributed by atoms with Crippen molar-refractivity contribution in [2.45, 2.75) is 6.92 Å². The van der Waals surface area contributed by atoms with Gasteiger partial charge in [-0.25, -0.2) is 0 Å². The van der Waals surface area contributed by atoms with Crippen molar-refractivity contribution in [2.24, 2.45) is 0 Å². The molecule has 0 heteroatoms. The van der Waals surface area contributed by atoms with Crippen LogP contribution in [0.3, 0.4) is 0 Å². The summed E-state index contributed by atoms with van der Waals surface area (Å²) in [6.45, 7) is 2.00. The lowest BCUT2D eigenvalue weighted by atomic mass is 10.0. The zero-order chi connectivity index (χ0) is 11.7. The molecule has 2 rings (SSSR count). The van der Waals surface area contributed by atoms with Gasteiger partial charge in [0, 0.05) is 0 Å². The maximum absolute atomic E-state index is 7.80. The third-order valence-corrected chi connectivity index (χ3v) is 1.94. The molecule has 0 atom stereocenters. The lowest BCUT2D eigenvalue weighted by Gasteiger charge is -2.00. The van der Waals surface area contributed by atoms with E-state index in [-0.39, 0.29) is 18.1 Å². The standard InChI is InChI=1S/C13H12/c1-11-7-9-13(10-8-11)12-5-3-2-4-6-12/h2-10H,1H3/i2D,5D,6D. The normalized spacial score (nSPS) is 13.2. The molecule has 0 heterocycles. The van der Waals surface area contributed by atoms with E-state index in [2.05, 4.69) is 0 Å². The van der Waals surface area contributed by atoms with Gasteiger partial charge in [-0.1, -0.05) is 60.1 Å². The number of hydrogen-bond donors (Lipinski definition) is 0. The molecule has 0 aliphatic carbocycles. The molecule has 2 aromatic rings. The highest BCUT2D eigenvalue weighted by Gasteiger charge is 1.93. The van der Waals surface area contributed by atoms with E-state index in [0.29, 0.717) is 5.56 Å². The van der Waals surface area contributed by atoms with Crippen molar-refractivity contribution in [3.8, 4) is 11.1 Å². The summed E-state index contributed by atoms with van der Waals surface area (Å²) >= 11 is 0. The highest BCUT2D eigenvalue weighted by atomic mass is 14.0. The van der Waals surface area contributed by atoms with Crippen LogP contribution in [0.5, 0.6) is 0 Å². The average Bonchev–Trinajstić information content (AvgIpc) is 2.19. The number of aryl methyl sites for hydroxylation is 1. The smallest absolute Gasteiger partial charge is 0.0622 e. The van der Waals surface area contributed by atoms with Gasteiger partial charge in [-0.15, -0.1) is 0 Å². The lowest BCUT2D eigenvalue weighted by Crippen LogP contribution is -1.76. The molecular weight excluding hydrogens is 156 g/mol. The lowest BCUT2D eigenvalue weighted by molar-refractivity contribution is 1.47. The van der Waals surface area contributed by atoms with Gasteiger partial charge in [-0.2, -0.15) is 0 Å². The Labute approximate surface area is 83.1 Å². The number of hydrogen-bond acceptors (Lipinski definition) is 0. The van der Waals surface area contributed by atoms with Crippen LogP contribution >= 0.6 is 0 Å². The number of benzene rings is 2. The van der Waals surface area contributed by atoms with Gasteiger partial charge < -0.3 is 0 Å². The van der Waals surface area contributed by atoms with Crippen LogP contribution in [0.4, 0.5) is 0 Å². The van der Waals surface area contributed by atoms with Gasteiger partial charge in [0.2, 0.25) is 0 Å². The van der Waals surface area contributed by atoms with Crippen molar-refractivity contribution in [1.29, 1.82) is 0 Å². The van der Waals surface area contributed by atoms with E-state index in [0.717, 1.165) is 11.1 Å². The SMILES string of the molecule is [2H]c1cc([2H])c(-c2ccc(C)cc2)c([2H])c1. The van der Waals surface area contributed by atoms with E-state index in [9.17, 15) is 0 Å². The van der Waals surface area contributed by atoms with Crippen LogP contribution in [0, 0.1) is 6.92 Å². The molecule has 0 N–H and O–H groups in total. The Bertz CT molecular complexity index is 492. The first-order valence-corrected chi connectivity index (χ1v) is 4.23. The van der Waals surface area contributed by atoms with Crippen LogP contribution in [0.15, 0.2) is 54.5 Å². The summed E-state index contributed by atoms with van der Waals surface area (Å²) in [5.74, 6) is 0. The van der Waals surface area contributed by atoms with Gasteiger partial charge >= 0.3 is 0 Å². The van der Waals surface area contributed by atoms with Crippen LogP contribution in [-0.4, -0.2) is 0 Å². The van der Waals surface area contributed by atoms with Gasteiger partial charge in [0.05, 0.1) is 4.11 Å². The van der Waals surface area contributed by atoms with Crippen LogP contribution in [-0.2, 0) is 0 Å². The minimum Gasteiger partial charge on any atom is -0.0622 e. The van der Waals surface area contributed by atoms with E-state index in [1.54, 1.807) is 0 Å². The molecular formula is C13H12. The molecule has 0 radical (unpaired) electrons. The Morgan fingerprint density at radius 1 is 0.923 bits per heavy atom. The topological polar surface area (TPSA) is 0 Å². The maximum Gasteiger partial charge on any atom is 0.0629 e. The summed E-state index contributed by atoms with van der Waals surface area (Å²) in [5.41, 5.74) is 2.61. The second kappa shape index (κ2) is 3.44. The molecule has 0 aromatic heterocycles. The molecule has 0 unspecified atom stereocenters. The Kier molecular flexibility index (Phi) is 1.38. The van der Waals surface area contributed by atoms with Crippen molar-refractivity contribution in [1.82, 2.24) is 0 Å². The largest absolute Gasteiger partial charge is 0.0629 e. The van der Waals surface area contributed by atoms with Crippen molar-refractivity contribution >= 4 is 0 Å². The Morgan fingerprint density at radius 3 is 2.15 bits per heavy atom. The van der Waals surface area contributed by atoms with Gasteiger partial charge in [-0.05, 0) is 18.1 Å². The first-order valence-electron chi connectivity index (χ1n) is 5.73. The highest BCUT2D eigenvalue weighted by Crippen LogP contribution is 2.18. The first kappa shape index (κ1) is 5.23. The van der Waals surface area contributed by atoms with Crippen molar-refractivity contribution in [3.63, 3.8) is 0 Å². The molecule has 0 aliphatic rings. The first-order chi connectivity index (χ1) is 7.58. The fourth-order valence-electron chi connectivity index (χ4n) is 1.20. The van der Waals surface area contributed by atoms with Crippen LogP contribution < -0.4 is 0 Å². The van der Waals surface area contributed by atoms with E-state index in [1.165, 1.54) is 12.1 Å². The fraction of sp³-hybridized carbons (Fsp3) is 0.0769. The Balaban J connectivity index is 2.60. The van der Waals surface area contributed by atoms with Crippen LogP contribution in [0.25, 0.3) is 11.1 Å². The summed E-state index contributed by atoms with van der Waals surface area (Å²) in [6.07, 6.45) is 0. The molecule has 0 bridgehead atoms. The van der Waals surface area contributed by atoms with Gasteiger partial charge in [0.15, 0.2) is 0 Å². The second-order valence-corrected chi connectivity index (χ2v) is 2.99. The summed E-state index contributed by atoms with van der Waals surface area (Å²) in [6, 6.07) is 11.4. The molecule has 0 fully saturated rings. The van der Waals surface area contributed by atoms with E-state index in [1.807, 2.05) is 31.2 Å². The molecule has 64 valence electrons. The summed E-state index contributed by atoms with van der Waals surface area (Å²) in [5, 5.41) is 0. The predicted molar refractivity (Wildman–Crippen MR) is 56.6 cm³/mol. The third kappa shape index (κ3) is 1.78. The molecule has 0 aliphatic heterocycles. The molecule has 0 spiro atoms. The van der Waals surface area contributed by atoms with Gasteiger partial charge in [-0.3, -0.25) is 0 Å². The quantitative estimate of drug-likeness (QED) is 0.614. The third-order valence-electron chi connectivity index (χ3n) is 1.94. The highest BCUT2D eigenvalue weighted by molar-refractivity contribution is 5.63. The van der Waals surface area contributed by atoms with Crippen LogP contribution in [0.2, 0.25) is 0 Å². The van der Waals surface area contributed by atoms with Crippen molar-refractivity contribution in [3.05, 3.63) is 60.1 Å². The molecule has 13 heavy (non-hydrogen) atoms. The predicted octanol–water partition coefficient (Wildman–Crippen LogP) is 3.66. The molecule has 0 amide bonds. The monoisotopic (exact) mass is 171 g/mol. The molecule has 0 nitrogen and oxygen atoms in total. The zero-order valence-electron chi connectivity index (χ0n) is 10.5. The average molecular weight is 171 g/mol.